The first-order chi connectivity index (χ1) is 15.0. The molecule has 0 aromatic rings. The predicted molar refractivity (Wildman–Crippen MR) is 129 cm³/mol. The van der Waals surface area contributed by atoms with Gasteiger partial charge in [0, 0.05) is 12.1 Å². The summed E-state index contributed by atoms with van der Waals surface area (Å²) < 4.78 is 29.9. The maximum absolute atomic E-state index is 12.9. The van der Waals surface area contributed by atoms with Gasteiger partial charge >= 0.3 is 7.82 Å². The van der Waals surface area contributed by atoms with Gasteiger partial charge in [0.2, 0.25) is 0 Å². The number of nitrogens with zero attached hydrogens (tertiary/aromatic N) is 1. The van der Waals surface area contributed by atoms with Gasteiger partial charge in [-0.15, -0.1) is 0 Å². The fourth-order valence-electron chi connectivity index (χ4n) is 4.77. The molecule has 0 aromatic carbocycles. The second-order valence-electron chi connectivity index (χ2n) is 10.3. The topological polar surface area (TPSA) is 48.0 Å². The molecule has 3 heterocycles. The van der Waals surface area contributed by atoms with Gasteiger partial charge in [0.25, 0.3) is 0 Å². The fourth-order valence-corrected chi connectivity index (χ4v) is 6.36. The normalized spacial score (nSPS) is 27.5. The molecular weight excluding hydrogens is 409 g/mol. The van der Waals surface area contributed by atoms with Crippen LogP contribution >= 0.6 is 7.82 Å². The molecule has 3 atom stereocenters. The zero-order chi connectivity index (χ0) is 22.4. The van der Waals surface area contributed by atoms with E-state index in [0.717, 1.165) is 32.2 Å². The van der Waals surface area contributed by atoms with Crippen LogP contribution in [0.2, 0.25) is 0 Å². The molecule has 2 bridgehead atoms. The Hall–Kier alpha value is 0.0700. The number of phosphoric ester groups is 1. The van der Waals surface area contributed by atoms with Crippen LogP contribution in [0.25, 0.3) is 0 Å². The van der Waals surface area contributed by atoms with Crippen molar-refractivity contribution in [2.24, 2.45) is 0 Å². The molecule has 0 amide bonds. The average molecular weight is 460 g/mol. The lowest BCUT2D eigenvalue weighted by Crippen LogP contribution is -2.48. The van der Waals surface area contributed by atoms with Gasteiger partial charge < -0.3 is 0 Å². The number of hydrogen-bond acceptors (Lipinski definition) is 5. The summed E-state index contributed by atoms with van der Waals surface area (Å²) in [7, 11) is -3.45. The molecule has 0 spiro atoms. The zero-order valence-corrected chi connectivity index (χ0v) is 21.6. The standard InChI is InChI=1S/C25H50NO4P/c1-4-5-6-7-8-9-10-11-12-13-14-15-16-17-18-19-22-28-31(27)29-24-20-21-26(30-31)25(2,3)23-24/h24H,4-23H2,1-3H3. The van der Waals surface area contributed by atoms with Gasteiger partial charge in [0.1, 0.15) is 0 Å². The Bertz CT molecular complexity index is 514. The average Bonchev–Trinajstić information content (AvgIpc) is 2.94. The van der Waals surface area contributed by atoms with E-state index < -0.39 is 7.82 Å². The maximum Gasteiger partial charge on any atom is 0.491 e. The fraction of sp³-hybridized carbons (Fsp3) is 1.00. The Balaban J connectivity index is 1.37. The molecule has 3 fully saturated rings. The van der Waals surface area contributed by atoms with Crippen molar-refractivity contribution in [3.63, 3.8) is 0 Å². The lowest BCUT2D eigenvalue weighted by atomic mass is 9.91. The Labute approximate surface area is 192 Å². The molecule has 0 N–H and O–H groups in total. The van der Waals surface area contributed by atoms with Gasteiger partial charge in [-0.25, -0.2) is 4.57 Å². The lowest BCUT2D eigenvalue weighted by molar-refractivity contribution is -0.150. The van der Waals surface area contributed by atoms with Crippen LogP contribution in [0, 0.1) is 0 Å². The smallest absolute Gasteiger partial charge is 0.286 e. The third-order valence-corrected chi connectivity index (χ3v) is 8.23. The lowest BCUT2D eigenvalue weighted by Gasteiger charge is -2.39. The molecule has 6 heteroatoms. The van der Waals surface area contributed by atoms with Crippen LogP contribution in [0.1, 0.15) is 136 Å². The molecule has 0 radical (unpaired) electrons. The molecule has 3 saturated heterocycles. The van der Waals surface area contributed by atoms with E-state index in [0.29, 0.717) is 6.61 Å². The summed E-state index contributed by atoms with van der Waals surface area (Å²) in [5, 5.41) is 1.81. The van der Waals surface area contributed by atoms with Crippen LogP contribution in [-0.4, -0.2) is 29.9 Å². The highest BCUT2D eigenvalue weighted by Gasteiger charge is 2.48. The van der Waals surface area contributed by atoms with Crippen LogP contribution in [-0.2, 0) is 18.2 Å². The second kappa shape index (κ2) is 15.1. The molecule has 0 saturated carbocycles. The molecule has 0 aliphatic carbocycles. The second-order valence-corrected chi connectivity index (χ2v) is 11.8. The SMILES string of the molecule is CCCCCCCCCCCCCCCCCCOP1(=O)OC2CCN(O1)C(C)(C)C2. The third kappa shape index (κ3) is 11.2. The first-order valence-corrected chi connectivity index (χ1v) is 14.8. The van der Waals surface area contributed by atoms with E-state index >= 15 is 0 Å². The predicted octanol–water partition coefficient (Wildman–Crippen LogP) is 8.58. The van der Waals surface area contributed by atoms with Crippen molar-refractivity contribution >= 4 is 7.82 Å². The van der Waals surface area contributed by atoms with Crippen molar-refractivity contribution in [2.75, 3.05) is 13.2 Å². The van der Waals surface area contributed by atoms with Crippen LogP contribution in [0.3, 0.4) is 0 Å². The van der Waals surface area contributed by atoms with E-state index in [1.807, 2.05) is 5.06 Å². The summed E-state index contributed by atoms with van der Waals surface area (Å²) in [5.41, 5.74) is -0.146. The summed E-state index contributed by atoms with van der Waals surface area (Å²) in [6, 6.07) is 0. The minimum absolute atomic E-state index is 0.0228. The summed E-state index contributed by atoms with van der Waals surface area (Å²) >= 11 is 0. The summed E-state index contributed by atoms with van der Waals surface area (Å²) in [6.45, 7) is 7.70. The van der Waals surface area contributed by atoms with E-state index in [2.05, 4.69) is 20.8 Å². The van der Waals surface area contributed by atoms with Crippen molar-refractivity contribution in [3.8, 4) is 0 Å². The number of hydroxylamine groups is 2. The molecule has 3 aliphatic rings. The zero-order valence-electron chi connectivity index (χ0n) is 20.7. The quantitative estimate of drug-likeness (QED) is 0.152. The Morgan fingerprint density at radius 2 is 1.32 bits per heavy atom. The first-order valence-electron chi connectivity index (χ1n) is 13.4. The molecule has 5 nitrogen and oxygen atoms in total. The molecule has 184 valence electrons. The largest absolute Gasteiger partial charge is 0.491 e. The summed E-state index contributed by atoms with van der Waals surface area (Å²) in [5.74, 6) is 0. The van der Waals surface area contributed by atoms with Crippen molar-refractivity contribution in [1.29, 1.82) is 0 Å². The monoisotopic (exact) mass is 459 g/mol. The number of unbranched alkanes of at least 4 members (excludes halogenated alkanes) is 15. The van der Waals surface area contributed by atoms with E-state index in [1.165, 1.54) is 89.9 Å². The van der Waals surface area contributed by atoms with Gasteiger partial charge in [0.05, 0.1) is 12.7 Å². The van der Waals surface area contributed by atoms with Gasteiger partial charge in [-0.05, 0) is 33.1 Å². The van der Waals surface area contributed by atoms with Gasteiger partial charge in [0.15, 0.2) is 0 Å². The summed E-state index contributed by atoms with van der Waals surface area (Å²) in [6.07, 6.45) is 23.1. The Morgan fingerprint density at radius 1 is 0.839 bits per heavy atom. The number of fused-ring (bicyclic) bond motifs is 4. The minimum Gasteiger partial charge on any atom is -0.286 e. The van der Waals surface area contributed by atoms with E-state index in [4.69, 9.17) is 13.7 Å². The minimum atomic E-state index is -3.45. The number of phosphoric acid groups is 1. The third-order valence-electron chi connectivity index (χ3n) is 6.78. The number of piperidine rings is 1. The maximum atomic E-state index is 12.9. The molecule has 31 heavy (non-hydrogen) atoms. The first kappa shape index (κ1) is 27.3. The van der Waals surface area contributed by atoms with Crippen molar-refractivity contribution in [3.05, 3.63) is 0 Å². The van der Waals surface area contributed by atoms with Crippen LogP contribution < -0.4 is 0 Å². The molecule has 3 aliphatic heterocycles. The molecule has 0 aromatic heterocycles. The van der Waals surface area contributed by atoms with Gasteiger partial charge in [-0.2, -0.15) is 9.69 Å². The van der Waals surface area contributed by atoms with Crippen LogP contribution in [0.15, 0.2) is 0 Å². The number of rotatable bonds is 18. The van der Waals surface area contributed by atoms with Crippen molar-refractivity contribution < 1.29 is 18.2 Å². The van der Waals surface area contributed by atoms with Crippen molar-refractivity contribution in [2.45, 2.75) is 148 Å². The highest BCUT2D eigenvalue weighted by molar-refractivity contribution is 7.48. The number of hydrogen-bond donors (Lipinski definition) is 0. The van der Waals surface area contributed by atoms with Gasteiger partial charge in [-0.3, -0.25) is 9.05 Å². The van der Waals surface area contributed by atoms with Crippen LogP contribution in [0.5, 0.6) is 0 Å². The van der Waals surface area contributed by atoms with E-state index in [-0.39, 0.29) is 11.6 Å². The van der Waals surface area contributed by atoms with Crippen LogP contribution in [0.4, 0.5) is 0 Å². The van der Waals surface area contributed by atoms with Crippen molar-refractivity contribution in [1.82, 2.24) is 5.06 Å². The highest BCUT2D eigenvalue weighted by Crippen LogP contribution is 2.57. The summed E-state index contributed by atoms with van der Waals surface area (Å²) in [4.78, 5) is 0. The molecule has 3 unspecified atom stereocenters. The Morgan fingerprint density at radius 3 is 1.81 bits per heavy atom. The van der Waals surface area contributed by atoms with E-state index in [1.54, 1.807) is 0 Å². The Kier molecular flexibility index (Phi) is 13.3. The van der Waals surface area contributed by atoms with E-state index in [9.17, 15) is 4.57 Å². The molecular formula is C25H50NO4P. The molecule has 3 rings (SSSR count). The highest BCUT2D eigenvalue weighted by atomic mass is 31.2. The van der Waals surface area contributed by atoms with Gasteiger partial charge in [-0.1, -0.05) is 103 Å².